The van der Waals surface area contributed by atoms with Crippen LogP contribution < -0.4 is 5.32 Å². The Labute approximate surface area is 212 Å². The summed E-state index contributed by atoms with van der Waals surface area (Å²) in [6.07, 6.45) is 0.708. The summed E-state index contributed by atoms with van der Waals surface area (Å²) < 4.78 is 29.1. The summed E-state index contributed by atoms with van der Waals surface area (Å²) in [4.78, 5) is 12.9. The second-order valence-electron chi connectivity index (χ2n) is 7.49. The van der Waals surface area contributed by atoms with Gasteiger partial charge in [0.25, 0.3) is 0 Å². The van der Waals surface area contributed by atoms with Gasteiger partial charge in [-0.05, 0) is 60.4 Å². The van der Waals surface area contributed by atoms with Crippen LogP contribution in [0.25, 0.3) is 0 Å². The largest absolute Gasteiger partial charge is 0.324 e. The third kappa shape index (κ3) is 6.37. The van der Waals surface area contributed by atoms with Gasteiger partial charge in [0.15, 0.2) is 0 Å². The molecule has 0 aliphatic carbocycles. The van der Waals surface area contributed by atoms with Crippen LogP contribution in [0, 0.1) is 6.92 Å². The number of sulfonamides is 1. The van der Waals surface area contributed by atoms with Gasteiger partial charge in [0, 0.05) is 21.7 Å². The molecular weight excluding hydrogens is 547 g/mol. The molecule has 3 aromatic carbocycles. The minimum absolute atomic E-state index is 0.000605. The van der Waals surface area contributed by atoms with Crippen LogP contribution in [0.1, 0.15) is 23.6 Å². The highest BCUT2D eigenvalue weighted by Crippen LogP contribution is 2.30. The molecule has 1 amide bonds. The fraction of sp³-hybridized carbons (Fsp3) is 0.208. The van der Waals surface area contributed by atoms with Crippen molar-refractivity contribution in [1.29, 1.82) is 0 Å². The molecule has 9 heteroatoms. The summed E-state index contributed by atoms with van der Waals surface area (Å²) in [6.45, 7) is 3.49. The number of hydrogen-bond acceptors (Lipinski definition) is 3. The number of carbonyl (C=O) groups is 1. The van der Waals surface area contributed by atoms with E-state index >= 15 is 0 Å². The number of hydrogen-bond donors (Lipinski definition) is 1. The second kappa shape index (κ2) is 11.0. The molecule has 0 radical (unpaired) electrons. The van der Waals surface area contributed by atoms with Crippen LogP contribution in [0.2, 0.25) is 10.0 Å². The number of aryl methyl sites for hydroxylation is 2. The fourth-order valence-corrected chi connectivity index (χ4v) is 6.18. The van der Waals surface area contributed by atoms with Gasteiger partial charge in [-0.3, -0.25) is 4.79 Å². The topological polar surface area (TPSA) is 66.5 Å². The predicted octanol–water partition coefficient (Wildman–Crippen LogP) is 6.46. The Bertz CT molecular complexity index is 1270. The number of nitrogens with one attached hydrogen (secondary N) is 1. The van der Waals surface area contributed by atoms with E-state index in [9.17, 15) is 13.2 Å². The molecule has 0 saturated carbocycles. The van der Waals surface area contributed by atoms with Gasteiger partial charge in [-0.1, -0.05) is 76.4 Å². The highest BCUT2D eigenvalue weighted by molar-refractivity contribution is 9.10. The molecule has 0 heterocycles. The van der Waals surface area contributed by atoms with Crippen LogP contribution in [0.5, 0.6) is 0 Å². The monoisotopic (exact) mass is 568 g/mol. The molecule has 0 fully saturated rings. The summed E-state index contributed by atoms with van der Waals surface area (Å²) in [5.74, 6) is -0.451. The summed E-state index contributed by atoms with van der Waals surface area (Å²) >= 11 is 15.7. The zero-order valence-electron chi connectivity index (χ0n) is 18.1. The van der Waals surface area contributed by atoms with Crippen LogP contribution in [-0.4, -0.2) is 25.2 Å². The molecule has 1 N–H and O–H groups in total. The standard InChI is InChI=1S/C24H23BrCl2N2O3S/c1-3-18-12-19(25)11-16(2)24(18)28-23(30)15-29(14-17-7-5-4-6-8-17)33(31,32)22-13-20(26)9-10-21(22)27/h4-13H,3,14-15H2,1-2H3,(H,28,30). The first-order valence-corrected chi connectivity index (χ1v) is 13.2. The maximum absolute atomic E-state index is 13.5. The number of amides is 1. The molecule has 0 atom stereocenters. The van der Waals surface area contributed by atoms with Gasteiger partial charge >= 0.3 is 0 Å². The smallest absolute Gasteiger partial charge is 0.245 e. The number of halogens is 3. The molecule has 33 heavy (non-hydrogen) atoms. The number of anilines is 1. The minimum atomic E-state index is -4.12. The van der Waals surface area contributed by atoms with E-state index in [1.165, 1.54) is 18.2 Å². The third-order valence-electron chi connectivity index (χ3n) is 5.06. The van der Waals surface area contributed by atoms with Crippen molar-refractivity contribution >= 4 is 60.7 Å². The normalized spacial score (nSPS) is 11.6. The number of rotatable bonds is 8. The Morgan fingerprint density at radius 1 is 1.06 bits per heavy atom. The zero-order valence-corrected chi connectivity index (χ0v) is 22.0. The first-order valence-electron chi connectivity index (χ1n) is 10.2. The fourth-order valence-electron chi connectivity index (χ4n) is 3.44. The van der Waals surface area contributed by atoms with Crippen molar-refractivity contribution in [2.75, 3.05) is 11.9 Å². The van der Waals surface area contributed by atoms with Gasteiger partial charge in [-0.25, -0.2) is 8.42 Å². The van der Waals surface area contributed by atoms with Crippen molar-refractivity contribution in [1.82, 2.24) is 4.31 Å². The molecular formula is C24H23BrCl2N2O3S. The Hall–Kier alpha value is -1.90. The zero-order chi connectivity index (χ0) is 24.2. The van der Waals surface area contributed by atoms with Crippen LogP contribution in [0.3, 0.4) is 0 Å². The van der Waals surface area contributed by atoms with Crippen LogP contribution in [0.4, 0.5) is 5.69 Å². The van der Waals surface area contributed by atoms with E-state index in [1.807, 2.05) is 44.2 Å². The van der Waals surface area contributed by atoms with Crippen LogP contribution >= 0.6 is 39.1 Å². The van der Waals surface area contributed by atoms with Crippen LogP contribution in [-0.2, 0) is 27.8 Å². The van der Waals surface area contributed by atoms with Crippen molar-refractivity contribution in [3.05, 3.63) is 91.9 Å². The quantitative estimate of drug-likeness (QED) is 0.339. The lowest BCUT2D eigenvalue weighted by Gasteiger charge is -2.23. The Balaban J connectivity index is 1.95. The van der Waals surface area contributed by atoms with Crippen LogP contribution in [0.15, 0.2) is 70.0 Å². The molecule has 0 spiro atoms. The minimum Gasteiger partial charge on any atom is -0.324 e. The van der Waals surface area contributed by atoms with Gasteiger partial charge in [0.2, 0.25) is 15.9 Å². The van der Waals surface area contributed by atoms with Crippen molar-refractivity contribution in [3.8, 4) is 0 Å². The molecule has 0 aliphatic heterocycles. The lowest BCUT2D eigenvalue weighted by molar-refractivity contribution is -0.116. The Morgan fingerprint density at radius 2 is 1.76 bits per heavy atom. The average Bonchev–Trinajstić information content (AvgIpc) is 2.77. The van der Waals surface area contributed by atoms with E-state index in [-0.39, 0.29) is 21.5 Å². The summed E-state index contributed by atoms with van der Waals surface area (Å²) in [7, 11) is -4.12. The molecule has 0 aromatic heterocycles. The first kappa shape index (κ1) is 25.7. The average molecular weight is 570 g/mol. The second-order valence-corrected chi connectivity index (χ2v) is 11.2. The van der Waals surface area contributed by atoms with E-state index in [0.29, 0.717) is 12.1 Å². The van der Waals surface area contributed by atoms with Crippen molar-refractivity contribution in [2.24, 2.45) is 0 Å². The molecule has 174 valence electrons. The van der Waals surface area contributed by atoms with E-state index < -0.39 is 22.5 Å². The van der Waals surface area contributed by atoms with E-state index in [0.717, 1.165) is 25.5 Å². The number of benzene rings is 3. The third-order valence-corrected chi connectivity index (χ3v) is 8.03. The number of nitrogens with zero attached hydrogens (tertiary/aromatic N) is 1. The molecule has 3 aromatic rings. The maximum atomic E-state index is 13.5. The molecule has 0 bridgehead atoms. The first-order chi connectivity index (χ1) is 15.6. The highest BCUT2D eigenvalue weighted by Gasteiger charge is 2.29. The molecule has 0 saturated heterocycles. The number of carbonyl (C=O) groups excluding carboxylic acids is 1. The Morgan fingerprint density at radius 3 is 2.42 bits per heavy atom. The summed E-state index contributed by atoms with van der Waals surface area (Å²) in [6, 6.07) is 17.1. The van der Waals surface area contributed by atoms with Crippen molar-refractivity contribution < 1.29 is 13.2 Å². The molecule has 0 unspecified atom stereocenters. The van der Waals surface area contributed by atoms with Gasteiger partial charge < -0.3 is 5.32 Å². The Kier molecular flexibility index (Phi) is 8.59. The lowest BCUT2D eigenvalue weighted by atomic mass is 10.1. The molecule has 3 rings (SSSR count). The van der Waals surface area contributed by atoms with Gasteiger partial charge in [0.1, 0.15) is 4.90 Å². The predicted molar refractivity (Wildman–Crippen MR) is 137 cm³/mol. The van der Waals surface area contributed by atoms with Crippen molar-refractivity contribution in [2.45, 2.75) is 31.7 Å². The highest BCUT2D eigenvalue weighted by atomic mass is 79.9. The molecule has 5 nitrogen and oxygen atoms in total. The lowest BCUT2D eigenvalue weighted by Crippen LogP contribution is -2.38. The van der Waals surface area contributed by atoms with E-state index in [4.69, 9.17) is 23.2 Å². The SMILES string of the molecule is CCc1cc(Br)cc(C)c1NC(=O)CN(Cc1ccccc1)S(=O)(=O)c1cc(Cl)ccc1Cl. The van der Waals surface area contributed by atoms with E-state index in [2.05, 4.69) is 21.2 Å². The summed E-state index contributed by atoms with van der Waals surface area (Å²) in [5, 5.41) is 3.17. The summed E-state index contributed by atoms with van der Waals surface area (Å²) in [5.41, 5.74) is 3.25. The van der Waals surface area contributed by atoms with Gasteiger partial charge in [-0.15, -0.1) is 0 Å². The van der Waals surface area contributed by atoms with E-state index in [1.54, 1.807) is 12.1 Å². The van der Waals surface area contributed by atoms with Gasteiger partial charge in [0.05, 0.1) is 11.6 Å². The van der Waals surface area contributed by atoms with Crippen molar-refractivity contribution in [3.63, 3.8) is 0 Å². The molecule has 0 aliphatic rings. The maximum Gasteiger partial charge on any atom is 0.245 e. The van der Waals surface area contributed by atoms with Gasteiger partial charge in [-0.2, -0.15) is 4.31 Å².